The Labute approximate surface area is 137 Å². The predicted molar refractivity (Wildman–Crippen MR) is 85.0 cm³/mol. The van der Waals surface area contributed by atoms with Crippen LogP contribution in [0.25, 0.3) is 0 Å². The molecule has 2 rings (SSSR count). The molecule has 0 aliphatic carbocycles. The molecule has 0 spiro atoms. The average Bonchev–Trinajstić information content (AvgIpc) is 2.42. The summed E-state index contributed by atoms with van der Waals surface area (Å²) in [7, 11) is 0. The van der Waals surface area contributed by atoms with Gasteiger partial charge in [-0.05, 0) is 39.7 Å². The lowest BCUT2D eigenvalue weighted by atomic mass is 10.2. The lowest BCUT2D eigenvalue weighted by Crippen LogP contribution is -1.91. The maximum Gasteiger partial charge on any atom is 0.271 e. The first-order valence-corrected chi connectivity index (χ1v) is 7.76. The van der Waals surface area contributed by atoms with Crippen LogP contribution in [-0.2, 0) is 5.33 Å². The van der Waals surface area contributed by atoms with E-state index in [0.717, 1.165) is 15.4 Å². The van der Waals surface area contributed by atoms with Crippen LogP contribution in [-0.4, -0.2) is 4.92 Å². The Kier molecular flexibility index (Phi) is 5.01. The molecule has 0 atom stereocenters. The summed E-state index contributed by atoms with van der Waals surface area (Å²) in [6.45, 7) is 0. The molecule has 104 valence electrons. The summed E-state index contributed by atoms with van der Waals surface area (Å²) < 4.78 is 6.44. The zero-order chi connectivity index (χ0) is 14.7. The Hall–Kier alpha value is -1.11. The Bertz CT molecular complexity index is 664. The number of halogens is 3. The predicted octanol–water partition coefficient (Wildman–Crippen LogP) is 5.70. The minimum atomic E-state index is -0.504. The zero-order valence-corrected chi connectivity index (χ0v) is 13.9. The summed E-state index contributed by atoms with van der Waals surface area (Å²) in [6, 6.07) is 9.72. The van der Waals surface area contributed by atoms with Crippen molar-refractivity contribution in [1.82, 2.24) is 0 Å². The topological polar surface area (TPSA) is 52.4 Å². The lowest BCUT2D eigenvalue weighted by molar-refractivity contribution is -0.384. The molecular weight excluding hydrogens is 413 g/mol. The van der Waals surface area contributed by atoms with E-state index in [1.807, 2.05) is 12.1 Å². The van der Waals surface area contributed by atoms with Crippen LogP contribution in [0, 0.1) is 10.1 Å². The second-order valence-corrected chi connectivity index (χ2v) is 5.69. The quantitative estimate of drug-likeness (QED) is 0.362. The van der Waals surface area contributed by atoms with Crippen molar-refractivity contribution >= 4 is 49.1 Å². The standard InChI is InChI=1S/C13H8Br2ClNO3/c14-7-8-1-3-12(10(15)5-8)20-13-4-2-9(17(18)19)6-11(13)16/h1-6H,7H2. The van der Waals surface area contributed by atoms with Crippen molar-refractivity contribution in [1.29, 1.82) is 0 Å². The van der Waals surface area contributed by atoms with Gasteiger partial charge in [-0.15, -0.1) is 0 Å². The van der Waals surface area contributed by atoms with Crippen LogP contribution in [0.2, 0.25) is 5.02 Å². The summed E-state index contributed by atoms with van der Waals surface area (Å²) >= 11 is 12.8. The van der Waals surface area contributed by atoms with E-state index in [1.165, 1.54) is 18.2 Å². The number of hydrogen-bond acceptors (Lipinski definition) is 3. The van der Waals surface area contributed by atoms with Crippen molar-refractivity contribution in [2.24, 2.45) is 0 Å². The van der Waals surface area contributed by atoms with Crippen LogP contribution in [0.15, 0.2) is 40.9 Å². The van der Waals surface area contributed by atoms with Crippen molar-refractivity contribution in [2.75, 3.05) is 0 Å². The van der Waals surface area contributed by atoms with Gasteiger partial charge < -0.3 is 4.74 Å². The molecule has 2 aromatic rings. The number of nitrogens with zero attached hydrogens (tertiary/aromatic N) is 1. The second-order valence-electron chi connectivity index (χ2n) is 3.87. The van der Waals surface area contributed by atoms with E-state index in [9.17, 15) is 10.1 Å². The Morgan fingerprint density at radius 3 is 2.45 bits per heavy atom. The van der Waals surface area contributed by atoms with E-state index in [2.05, 4.69) is 31.9 Å². The van der Waals surface area contributed by atoms with Gasteiger partial charge in [0, 0.05) is 17.5 Å². The minimum Gasteiger partial charge on any atom is -0.455 e. The number of hydrogen-bond donors (Lipinski definition) is 0. The maximum atomic E-state index is 10.6. The van der Waals surface area contributed by atoms with Gasteiger partial charge in [0.05, 0.1) is 14.4 Å². The summed E-state index contributed by atoms with van der Waals surface area (Å²) in [5.41, 5.74) is 1.02. The first-order chi connectivity index (χ1) is 9.51. The summed E-state index contributed by atoms with van der Waals surface area (Å²) in [6.07, 6.45) is 0. The molecule has 0 unspecified atom stereocenters. The summed E-state index contributed by atoms with van der Waals surface area (Å²) in [4.78, 5) is 10.1. The van der Waals surface area contributed by atoms with Gasteiger partial charge in [-0.2, -0.15) is 0 Å². The van der Waals surface area contributed by atoms with Gasteiger partial charge in [0.2, 0.25) is 0 Å². The van der Waals surface area contributed by atoms with Crippen LogP contribution < -0.4 is 4.74 Å². The molecule has 0 aromatic heterocycles. The first-order valence-electron chi connectivity index (χ1n) is 5.47. The third-order valence-electron chi connectivity index (χ3n) is 2.50. The molecule has 20 heavy (non-hydrogen) atoms. The highest BCUT2D eigenvalue weighted by Gasteiger charge is 2.12. The van der Waals surface area contributed by atoms with Gasteiger partial charge in [-0.25, -0.2) is 0 Å². The van der Waals surface area contributed by atoms with Crippen LogP contribution in [0.4, 0.5) is 5.69 Å². The maximum absolute atomic E-state index is 10.6. The molecule has 0 aliphatic heterocycles. The molecule has 0 bridgehead atoms. The highest BCUT2D eigenvalue weighted by atomic mass is 79.9. The smallest absolute Gasteiger partial charge is 0.271 e. The monoisotopic (exact) mass is 419 g/mol. The molecule has 7 heteroatoms. The number of nitro benzene ring substituents is 1. The van der Waals surface area contributed by atoms with Gasteiger partial charge in [0.25, 0.3) is 5.69 Å². The van der Waals surface area contributed by atoms with E-state index in [-0.39, 0.29) is 10.7 Å². The van der Waals surface area contributed by atoms with Crippen molar-refractivity contribution in [2.45, 2.75) is 5.33 Å². The van der Waals surface area contributed by atoms with Gasteiger partial charge >= 0.3 is 0 Å². The Morgan fingerprint density at radius 2 is 1.90 bits per heavy atom. The second kappa shape index (κ2) is 6.56. The van der Waals surface area contributed by atoms with Gasteiger partial charge in [0.1, 0.15) is 11.5 Å². The fraction of sp³-hybridized carbons (Fsp3) is 0.0769. The van der Waals surface area contributed by atoms with E-state index in [1.54, 1.807) is 6.07 Å². The number of non-ortho nitro benzene ring substituents is 1. The van der Waals surface area contributed by atoms with Crippen LogP contribution in [0.5, 0.6) is 11.5 Å². The molecular formula is C13H8Br2ClNO3. The molecule has 0 N–H and O–H groups in total. The number of rotatable bonds is 4. The van der Waals surface area contributed by atoms with Crippen LogP contribution in [0.1, 0.15) is 5.56 Å². The van der Waals surface area contributed by atoms with Crippen molar-refractivity contribution in [3.63, 3.8) is 0 Å². The van der Waals surface area contributed by atoms with Gasteiger partial charge in [-0.1, -0.05) is 33.6 Å². The van der Waals surface area contributed by atoms with Crippen molar-refractivity contribution in [3.05, 3.63) is 61.6 Å². The van der Waals surface area contributed by atoms with E-state index >= 15 is 0 Å². The van der Waals surface area contributed by atoms with Gasteiger partial charge in [-0.3, -0.25) is 10.1 Å². The third-order valence-corrected chi connectivity index (χ3v) is 4.06. The summed E-state index contributed by atoms with van der Waals surface area (Å²) in [5, 5.41) is 11.6. The Morgan fingerprint density at radius 1 is 1.20 bits per heavy atom. The summed E-state index contributed by atoms with van der Waals surface area (Å²) in [5.74, 6) is 0.954. The van der Waals surface area contributed by atoms with E-state index < -0.39 is 4.92 Å². The minimum absolute atomic E-state index is 0.0731. The molecule has 0 saturated heterocycles. The number of ether oxygens (including phenoxy) is 1. The first kappa shape index (κ1) is 15.3. The SMILES string of the molecule is O=[N+]([O-])c1ccc(Oc2ccc(CBr)cc2Br)c(Cl)c1. The number of nitro groups is 1. The molecule has 2 aromatic carbocycles. The molecule has 0 amide bonds. The van der Waals surface area contributed by atoms with Crippen molar-refractivity contribution in [3.8, 4) is 11.5 Å². The molecule has 4 nitrogen and oxygen atoms in total. The number of alkyl halides is 1. The highest BCUT2D eigenvalue weighted by molar-refractivity contribution is 9.10. The van der Waals surface area contributed by atoms with Crippen LogP contribution >= 0.6 is 43.5 Å². The molecule has 0 fully saturated rings. The molecule has 0 heterocycles. The molecule has 0 saturated carbocycles. The fourth-order valence-electron chi connectivity index (χ4n) is 1.51. The number of benzene rings is 2. The van der Waals surface area contributed by atoms with Crippen LogP contribution in [0.3, 0.4) is 0 Å². The normalized spacial score (nSPS) is 10.3. The average molecular weight is 421 g/mol. The third kappa shape index (κ3) is 3.50. The largest absolute Gasteiger partial charge is 0.455 e. The molecule has 0 radical (unpaired) electrons. The fourth-order valence-corrected chi connectivity index (χ4v) is 2.58. The van der Waals surface area contributed by atoms with E-state index in [0.29, 0.717) is 11.5 Å². The van der Waals surface area contributed by atoms with Crippen molar-refractivity contribution < 1.29 is 9.66 Å². The highest BCUT2D eigenvalue weighted by Crippen LogP contribution is 2.36. The van der Waals surface area contributed by atoms with E-state index in [4.69, 9.17) is 16.3 Å². The van der Waals surface area contributed by atoms with Gasteiger partial charge in [0.15, 0.2) is 0 Å². The Balaban J connectivity index is 2.28. The molecule has 0 aliphatic rings. The zero-order valence-electron chi connectivity index (χ0n) is 9.98. The lowest BCUT2D eigenvalue weighted by Gasteiger charge is -2.10.